The third kappa shape index (κ3) is 2.90. The largest absolute Gasteiger partial charge is 0.456 e. The molecule has 0 N–H and O–H groups in total. The molecule has 160 valence electrons. The van der Waals surface area contributed by atoms with Gasteiger partial charge in [-0.15, -0.1) is 0 Å². The van der Waals surface area contributed by atoms with E-state index in [1.54, 1.807) is 0 Å². The number of imide groups is 1. The van der Waals surface area contributed by atoms with E-state index in [9.17, 15) is 29.3 Å². The van der Waals surface area contributed by atoms with Crippen molar-refractivity contribution >= 4 is 29.3 Å². The molecule has 1 aliphatic heterocycles. The molecule has 2 amide bonds. The van der Waals surface area contributed by atoms with Crippen LogP contribution in [0.2, 0.25) is 0 Å². The van der Waals surface area contributed by atoms with Gasteiger partial charge in [-0.1, -0.05) is 12.2 Å². The van der Waals surface area contributed by atoms with Crippen LogP contribution in [0.3, 0.4) is 0 Å². The number of esters is 1. The van der Waals surface area contributed by atoms with Gasteiger partial charge in [-0.25, -0.2) is 4.79 Å². The summed E-state index contributed by atoms with van der Waals surface area (Å²) >= 11 is 0. The van der Waals surface area contributed by atoms with Crippen LogP contribution in [0.25, 0.3) is 0 Å². The summed E-state index contributed by atoms with van der Waals surface area (Å²) in [5.74, 6) is -1.76. The quantitative estimate of drug-likeness (QED) is 0.170. The standard InChI is InChI=1S/C22H20N2O7/c1-10(22(28)31-9-17(25)11-2-4-12(5-3-11)24(29)30)23-20(26)18-13-6-7-14(16-8-15(13)16)19(18)21(23)27/h2-7,10,13-16,18-19H,8-9H2,1H3/t10-,13+,14+,15+,16+,18-,19-/m1/s1. The van der Waals surface area contributed by atoms with Gasteiger partial charge in [0.25, 0.3) is 5.69 Å². The van der Waals surface area contributed by atoms with E-state index in [1.165, 1.54) is 31.2 Å². The van der Waals surface area contributed by atoms with E-state index in [4.69, 9.17) is 4.74 Å². The van der Waals surface area contributed by atoms with Crippen LogP contribution in [0.1, 0.15) is 23.7 Å². The number of ether oxygens (including phenoxy) is 1. The Morgan fingerprint density at radius 1 is 1.10 bits per heavy atom. The number of Topliss-reactive ketones (excluding diaryl/α,β-unsaturated/α-hetero) is 1. The third-order valence-electron chi connectivity index (χ3n) is 7.17. The fourth-order valence-corrected chi connectivity index (χ4v) is 5.58. The first-order valence-electron chi connectivity index (χ1n) is 10.3. The number of hydrogen-bond donors (Lipinski definition) is 0. The Balaban J connectivity index is 1.23. The van der Waals surface area contributed by atoms with E-state index in [-0.39, 0.29) is 34.9 Å². The van der Waals surface area contributed by atoms with Crippen molar-refractivity contribution in [3.05, 3.63) is 52.1 Å². The number of amides is 2. The minimum absolute atomic E-state index is 0.0633. The predicted molar refractivity (Wildman–Crippen MR) is 104 cm³/mol. The molecule has 9 nitrogen and oxygen atoms in total. The molecule has 0 spiro atoms. The van der Waals surface area contributed by atoms with Gasteiger partial charge in [0.15, 0.2) is 12.4 Å². The number of carbonyl (C=O) groups is 4. The number of ketones is 1. The number of nitro benzene ring substituents is 1. The molecule has 5 aliphatic rings. The van der Waals surface area contributed by atoms with Crippen LogP contribution < -0.4 is 0 Å². The average Bonchev–Trinajstić information content (AvgIpc) is 3.55. The fraction of sp³-hybridized carbons (Fsp3) is 0.455. The second-order valence-corrected chi connectivity index (χ2v) is 8.71. The van der Waals surface area contributed by atoms with Gasteiger partial charge in [0, 0.05) is 17.7 Å². The Morgan fingerprint density at radius 3 is 2.16 bits per heavy atom. The van der Waals surface area contributed by atoms with Gasteiger partial charge in [-0.2, -0.15) is 0 Å². The van der Waals surface area contributed by atoms with E-state index in [0.717, 1.165) is 11.3 Å². The molecule has 1 aromatic carbocycles. The van der Waals surface area contributed by atoms with Gasteiger partial charge < -0.3 is 4.74 Å². The highest BCUT2D eigenvalue weighted by atomic mass is 16.6. The number of nitrogens with zero attached hydrogens (tertiary/aromatic N) is 2. The van der Waals surface area contributed by atoms with Crippen LogP contribution in [0, 0.1) is 45.6 Å². The lowest BCUT2D eigenvalue weighted by atomic mass is 9.63. The Labute approximate surface area is 177 Å². The Bertz CT molecular complexity index is 1010. The van der Waals surface area contributed by atoms with Crippen LogP contribution in [0.5, 0.6) is 0 Å². The summed E-state index contributed by atoms with van der Waals surface area (Å²) in [4.78, 5) is 62.0. The molecule has 0 aromatic heterocycles. The molecule has 3 fully saturated rings. The summed E-state index contributed by atoms with van der Waals surface area (Å²) in [5, 5.41) is 10.7. The molecule has 1 aromatic rings. The van der Waals surface area contributed by atoms with E-state index in [2.05, 4.69) is 12.2 Å². The summed E-state index contributed by atoms with van der Waals surface area (Å²) in [5.41, 5.74) is 0.00283. The zero-order chi connectivity index (χ0) is 22.0. The van der Waals surface area contributed by atoms with Gasteiger partial charge >= 0.3 is 5.97 Å². The molecule has 2 bridgehead atoms. The van der Waals surface area contributed by atoms with Gasteiger partial charge in [0.2, 0.25) is 11.8 Å². The van der Waals surface area contributed by atoms with Gasteiger partial charge in [0.05, 0.1) is 16.8 Å². The number of allylic oxidation sites excluding steroid dienone is 2. The minimum Gasteiger partial charge on any atom is -0.456 e. The lowest BCUT2D eigenvalue weighted by molar-refractivity contribution is -0.384. The van der Waals surface area contributed by atoms with Gasteiger partial charge in [-0.3, -0.25) is 29.4 Å². The number of likely N-dealkylation sites (tertiary alicyclic amines) is 1. The lowest BCUT2D eigenvalue weighted by Crippen LogP contribution is -2.45. The Kier molecular flexibility index (Phi) is 4.32. The summed E-state index contributed by atoms with van der Waals surface area (Å²) < 4.78 is 5.08. The number of carbonyl (C=O) groups excluding carboxylic acids is 4. The maximum atomic E-state index is 13.0. The molecule has 4 aliphatic carbocycles. The number of benzene rings is 1. The van der Waals surface area contributed by atoms with Gasteiger partial charge in [0.1, 0.15) is 6.04 Å². The van der Waals surface area contributed by atoms with Crippen LogP contribution >= 0.6 is 0 Å². The number of nitro groups is 1. The molecule has 0 radical (unpaired) electrons. The summed E-state index contributed by atoms with van der Waals surface area (Å²) in [6.07, 6.45) is 5.17. The summed E-state index contributed by atoms with van der Waals surface area (Å²) in [6, 6.07) is 3.82. The molecule has 2 saturated carbocycles. The second kappa shape index (κ2) is 6.83. The van der Waals surface area contributed by atoms with Crippen molar-refractivity contribution in [2.75, 3.05) is 6.61 Å². The van der Waals surface area contributed by atoms with Crippen molar-refractivity contribution in [3.8, 4) is 0 Å². The maximum Gasteiger partial charge on any atom is 0.329 e. The molecule has 6 rings (SSSR count). The maximum absolute atomic E-state index is 13.0. The summed E-state index contributed by atoms with van der Waals surface area (Å²) in [7, 11) is 0. The van der Waals surface area contributed by atoms with Crippen molar-refractivity contribution in [2.45, 2.75) is 19.4 Å². The fourth-order valence-electron chi connectivity index (χ4n) is 5.58. The molecule has 31 heavy (non-hydrogen) atoms. The molecular weight excluding hydrogens is 404 g/mol. The normalized spacial score (nSPS) is 33.0. The van der Waals surface area contributed by atoms with E-state index >= 15 is 0 Å². The first-order chi connectivity index (χ1) is 14.8. The topological polar surface area (TPSA) is 124 Å². The van der Waals surface area contributed by atoms with Crippen LogP contribution in [0.4, 0.5) is 5.69 Å². The highest BCUT2D eigenvalue weighted by molar-refractivity contribution is 6.09. The SMILES string of the molecule is C[C@H](C(=O)OCC(=O)c1ccc([N+](=O)[O-])cc1)N1C(=O)[C@@H]2[C@H]3C=C[C@@H]([C@@H]4C[C@@H]34)[C@H]2C1=O. The zero-order valence-corrected chi connectivity index (χ0v) is 16.7. The Morgan fingerprint density at radius 2 is 1.65 bits per heavy atom. The second-order valence-electron chi connectivity index (χ2n) is 8.71. The zero-order valence-electron chi connectivity index (χ0n) is 16.7. The van der Waals surface area contributed by atoms with Crippen molar-refractivity contribution in [1.29, 1.82) is 0 Å². The first-order valence-corrected chi connectivity index (χ1v) is 10.3. The van der Waals surface area contributed by atoms with Crippen LogP contribution in [0.15, 0.2) is 36.4 Å². The predicted octanol–water partition coefficient (Wildman–Crippen LogP) is 1.76. The molecule has 9 heteroatoms. The Hall–Kier alpha value is -3.36. The van der Waals surface area contributed by atoms with Crippen LogP contribution in [-0.4, -0.2) is 46.0 Å². The third-order valence-corrected chi connectivity index (χ3v) is 7.17. The minimum atomic E-state index is -1.12. The average molecular weight is 424 g/mol. The number of hydrogen-bond acceptors (Lipinski definition) is 7. The summed E-state index contributed by atoms with van der Waals surface area (Å²) in [6.45, 7) is 0.850. The first kappa shape index (κ1) is 19.6. The molecule has 1 saturated heterocycles. The van der Waals surface area contributed by atoms with Gasteiger partial charge in [-0.05, 0) is 49.1 Å². The van der Waals surface area contributed by atoms with Crippen LogP contribution in [-0.2, 0) is 19.1 Å². The number of non-ortho nitro benzene ring substituents is 1. The molecular formula is C22H20N2O7. The van der Waals surface area contributed by atoms with E-state index < -0.39 is 41.2 Å². The van der Waals surface area contributed by atoms with Crippen molar-refractivity contribution < 1.29 is 28.8 Å². The van der Waals surface area contributed by atoms with E-state index in [1.807, 2.05) is 0 Å². The van der Waals surface area contributed by atoms with E-state index in [0.29, 0.717) is 11.8 Å². The smallest absolute Gasteiger partial charge is 0.329 e. The monoisotopic (exact) mass is 424 g/mol. The van der Waals surface area contributed by atoms with Crippen molar-refractivity contribution in [2.24, 2.45) is 35.5 Å². The van der Waals surface area contributed by atoms with Crippen molar-refractivity contribution in [1.82, 2.24) is 4.90 Å². The highest BCUT2D eigenvalue weighted by Gasteiger charge is 2.67. The molecule has 7 atom stereocenters. The van der Waals surface area contributed by atoms with Crippen molar-refractivity contribution in [3.63, 3.8) is 0 Å². The highest BCUT2D eigenvalue weighted by Crippen LogP contribution is 2.65. The number of rotatable bonds is 6. The molecule has 0 unspecified atom stereocenters. The molecule has 1 heterocycles. The lowest BCUT2D eigenvalue weighted by Gasteiger charge is -2.37.